The maximum Gasteiger partial charge on any atom is 0.273 e. The minimum absolute atomic E-state index is 0.134. The van der Waals surface area contributed by atoms with E-state index in [1.165, 1.54) is 24.3 Å². The molecule has 1 aromatic heterocycles. The van der Waals surface area contributed by atoms with Crippen LogP contribution in [0.5, 0.6) is 5.75 Å². The maximum atomic E-state index is 13.3. The zero-order valence-corrected chi connectivity index (χ0v) is 18.4. The molecule has 1 aliphatic rings. The van der Waals surface area contributed by atoms with Crippen LogP contribution in [0.15, 0.2) is 59.1 Å². The number of nitrogens with one attached hydrogen (secondary N) is 1. The van der Waals surface area contributed by atoms with Crippen molar-refractivity contribution in [1.82, 2.24) is 15.4 Å². The van der Waals surface area contributed by atoms with Gasteiger partial charge in [0.2, 0.25) is 0 Å². The second kappa shape index (κ2) is 10.3. The summed E-state index contributed by atoms with van der Waals surface area (Å²) in [5.74, 6) is 0.755. The van der Waals surface area contributed by atoms with Crippen molar-refractivity contribution in [2.75, 3.05) is 20.2 Å². The molecule has 1 N–H and O–H groups in total. The first kappa shape index (κ1) is 22.5. The third-order valence-electron chi connectivity index (χ3n) is 5.59. The van der Waals surface area contributed by atoms with Crippen molar-refractivity contribution >= 4 is 11.8 Å². The van der Waals surface area contributed by atoms with Crippen LogP contribution in [0.25, 0.3) is 0 Å². The van der Waals surface area contributed by atoms with Crippen LogP contribution in [-0.4, -0.2) is 42.1 Å². The SMILES string of the molecule is COc1ccc(CCN(Cc2cc(C(=O)NCC3CC3)no2)C(=O)c2ccc(F)cc2)cc1. The van der Waals surface area contributed by atoms with Crippen LogP contribution in [-0.2, 0) is 13.0 Å². The van der Waals surface area contributed by atoms with Gasteiger partial charge in [0.1, 0.15) is 11.6 Å². The van der Waals surface area contributed by atoms with Gasteiger partial charge in [-0.1, -0.05) is 17.3 Å². The van der Waals surface area contributed by atoms with Crippen molar-refractivity contribution in [3.8, 4) is 5.75 Å². The van der Waals surface area contributed by atoms with Crippen molar-refractivity contribution in [3.63, 3.8) is 0 Å². The van der Waals surface area contributed by atoms with Crippen LogP contribution in [0.1, 0.15) is 45.0 Å². The molecule has 33 heavy (non-hydrogen) atoms. The van der Waals surface area contributed by atoms with Gasteiger partial charge in [-0.2, -0.15) is 0 Å². The van der Waals surface area contributed by atoms with Gasteiger partial charge in [0.25, 0.3) is 11.8 Å². The first-order valence-electron chi connectivity index (χ1n) is 10.9. The van der Waals surface area contributed by atoms with Gasteiger partial charge in [-0.25, -0.2) is 4.39 Å². The summed E-state index contributed by atoms with van der Waals surface area (Å²) < 4.78 is 23.9. The largest absolute Gasteiger partial charge is 0.497 e. The number of hydrogen-bond donors (Lipinski definition) is 1. The summed E-state index contributed by atoms with van der Waals surface area (Å²) >= 11 is 0. The second-order valence-electron chi connectivity index (χ2n) is 8.16. The molecule has 1 fully saturated rings. The number of nitrogens with zero attached hydrogens (tertiary/aromatic N) is 2. The molecule has 0 unspecified atom stereocenters. The first-order chi connectivity index (χ1) is 16.0. The Labute approximate surface area is 191 Å². The highest BCUT2D eigenvalue weighted by atomic mass is 19.1. The first-order valence-corrected chi connectivity index (χ1v) is 10.9. The van der Waals surface area contributed by atoms with Crippen LogP contribution in [0.3, 0.4) is 0 Å². The van der Waals surface area contributed by atoms with E-state index in [1.54, 1.807) is 18.1 Å². The lowest BCUT2D eigenvalue weighted by molar-refractivity contribution is 0.0729. The number of ether oxygens (including phenoxy) is 1. The molecule has 3 aromatic rings. The number of benzene rings is 2. The van der Waals surface area contributed by atoms with E-state index in [9.17, 15) is 14.0 Å². The van der Waals surface area contributed by atoms with Gasteiger partial charge in [-0.15, -0.1) is 0 Å². The summed E-state index contributed by atoms with van der Waals surface area (Å²) in [7, 11) is 1.61. The molecule has 0 aliphatic heterocycles. The lowest BCUT2D eigenvalue weighted by Crippen LogP contribution is -2.32. The second-order valence-corrected chi connectivity index (χ2v) is 8.16. The molecule has 4 rings (SSSR count). The van der Waals surface area contributed by atoms with E-state index in [4.69, 9.17) is 9.26 Å². The Bertz CT molecular complexity index is 1090. The summed E-state index contributed by atoms with van der Waals surface area (Å²) in [5, 5.41) is 6.71. The van der Waals surface area contributed by atoms with E-state index in [-0.39, 0.29) is 24.1 Å². The standard InChI is InChI=1S/C25H26FN3O4/c1-32-21-10-4-17(5-11-21)12-13-29(25(31)19-6-8-20(26)9-7-19)16-22-14-23(28-33-22)24(30)27-15-18-2-3-18/h4-11,14,18H,2-3,12-13,15-16H2,1H3,(H,27,30). The van der Waals surface area contributed by atoms with Crippen molar-refractivity contribution < 1.29 is 23.2 Å². The monoisotopic (exact) mass is 451 g/mol. The molecule has 0 spiro atoms. The fraction of sp³-hybridized carbons (Fsp3) is 0.320. The molecule has 0 saturated heterocycles. The van der Waals surface area contributed by atoms with E-state index in [1.807, 2.05) is 24.3 Å². The molecule has 0 bridgehead atoms. The van der Waals surface area contributed by atoms with Gasteiger partial charge in [-0.05, 0) is 67.1 Å². The lowest BCUT2D eigenvalue weighted by atomic mass is 10.1. The number of amides is 2. The predicted molar refractivity (Wildman–Crippen MR) is 119 cm³/mol. The highest BCUT2D eigenvalue weighted by Crippen LogP contribution is 2.27. The van der Waals surface area contributed by atoms with E-state index in [0.717, 1.165) is 24.2 Å². The molecule has 2 aromatic carbocycles. The molecular formula is C25H26FN3O4. The molecule has 1 aliphatic carbocycles. The van der Waals surface area contributed by atoms with Crippen LogP contribution in [0, 0.1) is 11.7 Å². The van der Waals surface area contributed by atoms with Crippen molar-refractivity contribution in [3.05, 3.63) is 83.0 Å². The minimum Gasteiger partial charge on any atom is -0.497 e. The molecule has 172 valence electrons. The smallest absolute Gasteiger partial charge is 0.273 e. The van der Waals surface area contributed by atoms with Crippen molar-refractivity contribution in [1.29, 1.82) is 0 Å². The fourth-order valence-corrected chi connectivity index (χ4v) is 3.42. The zero-order chi connectivity index (χ0) is 23.2. The topological polar surface area (TPSA) is 84.7 Å². The molecule has 0 radical (unpaired) electrons. The average Bonchev–Trinajstić information content (AvgIpc) is 3.56. The van der Waals surface area contributed by atoms with Crippen molar-refractivity contribution in [2.45, 2.75) is 25.8 Å². The predicted octanol–water partition coefficient (Wildman–Crippen LogP) is 3.85. The van der Waals surface area contributed by atoms with E-state index < -0.39 is 5.82 Å². The lowest BCUT2D eigenvalue weighted by Gasteiger charge is -2.21. The summed E-state index contributed by atoms with van der Waals surface area (Å²) in [6.45, 7) is 1.17. The highest BCUT2D eigenvalue weighted by molar-refractivity contribution is 5.94. The summed E-state index contributed by atoms with van der Waals surface area (Å²) in [6, 6.07) is 14.6. The summed E-state index contributed by atoms with van der Waals surface area (Å²) in [4.78, 5) is 27.0. The number of carbonyl (C=O) groups is 2. The molecular weight excluding hydrogens is 425 g/mol. The van der Waals surface area contributed by atoms with Crippen LogP contribution < -0.4 is 10.1 Å². The zero-order valence-electron chi connectivity index (χ0n) is 18.4. The van der Waals surface area contributed by atoms with Gasteiger partial charge in [0, 0.05) is 24.7 Å². The minimum atomic E-state index is -0.409. The number of aromatic nitrogens is 1. The maximum absolute atomic E-state index is 13.3. The quantitative estimate of drug-likeness (QED) is 0.506. The van der Waals surface area contributed by atoms with Gasteiger partial charge >= 0.3 is 0 Å². The summed E-state index contributed by atoms with van der Waals surface area (Å²) in [5.41, 5.74) is 1.59. The number of halogens is 1. The van der Waals surface area contributed by atoms with E-state index >= 15 is 0 Å². The van der Waals surface area contributed by atoms with Gasteiger partial charge in [-0.3, -0.25) is 9.59 Å². The normalized spacial score (nSPS) is 12.9. The third-order valence-corrected chi connectivity index (χ3v) is 5.59. The van der Waals surface area contributed by atoms with Crippen molar-refractivity contribution in [2.24, 2.45) is 5.92 Å². The average molecular weight is 451 g/mol. The molecule has 0 atom stereocenters. The van der Waals surface area contributed by atoms with Gasteiger partial charge < -0.3 is 19.5 Å². The number of methoxy groups -OCH3 is 1. The number of carbonyl (C=O) groups excluding carboxylic acids is 2. The fourth-order valence-electron chi connectivity index (χ4n) is 3.42. The van der Waals surface area contributed by atoms with E-state index in [0.29, 0.717) is 36.8 Å². The Morgan fingerprint density at radius 3 is 2.55 bits per heavy atom. The molecule has 1 heterocycles. The Balaban J connectivity index is 1.46. The molecule has 7 nitrogen and oxygen atoms in total. The molecule has 1 saturated carbocycles. The Morgan fingerprint density at radius 2 is 1.88 bits per heavy atom. The molecule has 2 amide bonds. The third kappa shape index (κ3) is 6.19. The highest BCUT2D eigenvalue weighted by Gasteiger charge is 2.24. The van der Waals surface area contributed by atoms with Crippen LogP contribution in [0.4, 0.5) is 4.39 Å². The number of rotatable bonds is 10. The molecule has 8 heteroatoms. The van der Waals surface area contributed by atoms with Gasteiger partial charge in [0.15, 0.2) is 11.5 Å². The summed E-state index contributed by atoms with van der Waals surface area (Å²) in [6.07, 6.45) is 2.87. The van der Waals surface area contributed by atoms with Crippen LogP contribution >= 0.6 is 0 Å². The number of hydrogen-bond acceptors (Lipinski definition) is 5. The van der Waals surface area contributed by atoms with E-state index in [2.05, 4.69) is 10.5 Å². The van der Waals surface area contributed by atoms with Crippen LogP contribution in [0.2, 0.25) is 0 Å². The Kier molecular flexibility index (Phi) is 7.02. The Hall–Kier alpha value is -3.68. The Morgan fingerprint density at radius 1 is 1.15 bits per heavy atom. The van der Waals surface area contributed by atoms with Gasteiger partial charge in [0.05, 0.1) is 13.7 Å².